The van der Waals surface area contributed by atoms with Gasteiger partial charge in [0.2, 0.25) is 5.28 Å². The van der Waals surface area contributed by atoms with Gasteiger partial charge in [-0.3, -0.25) is 0 Å². The van der Waals surface area contributed by atoms with Crippen molar-refractivity contribution in [3.8, 4) is 22.8 Å². The van der Waals surface area contributed by atoms with Crippen LogP contribution in [0.4, 0.5) is 0 Å². The van der Waals surface area contributed by atoms with Crippen molar-refractivity contribution in [2.24, 2.45) is 0 Å². The van der Waals surface area contributed by atoms with Gasteiger partial charge < -0.3 is 4.74 Å². The van der Waals surface area contributed by atoms with Gasteiger partial charge in [-0.05, 0) is 49.2 Å². The van der Waals surface area contributed by atoms with Crippen LogP contribution >= 0.6 is 23.2 Å². The van der Waals surface area contributed by atoms with Crippen molar-refractivity contribution in [1.82, 2.24) is 14.8 Å². The first-order chi connectivity index (χ1) is 11.1. The number of halogens is 2. The third kappa shape index (κ3) is 3.05. The van der Waals surface area contributed by atoms with Gasteiger partial charge in [-0.2, -0.15) is 9.67 Å². The molecule has 0 saturated carbocycles. The SMILES string of the molecule is CCOc1c(C)cccc1-n1nc(-c2ccccc2Cl)nc1Cl. The molecule has 3 rings (SSSR count). The number of aromatic nitrogens is 3. The Morgan fingerprint density at radius 2 is 1.87 bits per heavy atom. The second-order valence-electron chi connectivity index (χ2n) is 4.95. The molecule has 0 radical (unpaired) electrons. The molecule has 3 aromatic rings. The predicted octanol–water partition coefficient (Wildman–Crippen LogP) is 4.95. The van der Waals surface area contributed by atoms with Crippen molar-refractivity contribution in [2.45, 2.75) is 13.8 Å². The lowest BCUT2D eigenvalue weighted by molar-refractivity contribution is 0.336. The van der Waals surface area contributed by atoms with Gasteiger partial charge in [-0.25, -0.2) is 0 Å². The van der Waals surface area contributed by atoms with Crippen LogP contribution < -0.4 is 4.74 Å². The summed E-state index contributed by atoms with van der Waals surface area (Å²) in [5, 5.41) is 5.34. The minimum absolute atomic E-state index is 0.256. The Balaban J connectivity index is 2.13. The van der Waals surface area contributed by atoms with E-state index in [0.717, 1.165) is 22.6 Å². The fourth-order valence-corrected chi connectivity index (χ4v) is 2.77. The molecular weight excluding hydrogens is 333 g/mol. The predicted molar refractivity (Wildman–Crippen MR) is 92.7 cm³/mol. The van der Waals surface area contributed by atoms with E-state index in [0.29, 0.717) is 17.5 Å². The fraction of sp³-hybridized carbons (Fsp3) is 0.176. The van der Waals surface area contributed by atoms with E-state index in [1.807, 2.05) is 50.2 Å². The van der Waals surface area contributed by atoms with Gasteiger partial charge in [-0.1, -0.05) is 35.9 Å². The first kappa shape index (κ1) is 15.8. The zero-order chi connectivity index (χ0) is 16.4. The van der Waals surface area contributed by atoms with Gasteiger partial charge in [0.05, 0.1) is 11.6 Å². The van der Waals surface area contributed by atoms with Gasteiger partial charge >= 0.3 is 0 Å². The van der Waals surface area contributed by atoms with E-state index in [2.05, 4.69) is 10.1 Å². The zero-order valence-corrected chi connectivity index (χ0v) is 14.3. The summed E-state index contributed by atoms with van der Waals surface area (Å²) in [7, 11) is 0. The number of nitrogens with zero attached hydrogens (tertiary/aromatic N) is 3. The molecule has 0 N–H and O–H groups in total. The highest BCUT2D eigenvalue weighted by atomic mass is 35.5. The van der Waals surface area contributed by atoms with Gasteiger partial charge in [0, 0.05) is 5.56 Å². The van der Waals surface area contributed by atoms with Gasteiger partial charge in [-0.15, -0.1) is 5.10 Å². The molecule has 0 amide bonds. The molecule has 0 bridgehead atoms. The normalized spacial score (nSPS) is 10.8. The fourth-order valence-electron chi connectivity index (χ4n) is 2.34. The maximum atomic E-state index is 6.30. The molecule has 0 unspecified atom stereocenters. The highest BCUT2D eigenvalue weighted by Gasteiger charge is 2.17. The highest BCUT2D eigenvalue weighted by Crippen LogP contribution is 2.31. The molecule has 0 aliphatic carbocycles. The van der Waals surface area contributed by atoms with Crippen LogP contribution in [0.2, 0.25) is 10.3 Å². The van der Waals surface area contributed by atoms with Crippen molar-refractivity contribution < 1.29 is 4.74 Å². The third-order valence-electron chi connectivity index (χ3n) is 3.39. The number of hydrogen-bond acceptors (Lipinski definition) is 3. The van der Waals surface area contributed by atoms with E-state index in [4.69, 9.17) is 27.9 Å². The largest absolute Gasteiger partial charge is 0.491 e. The summed E-state index contributed by atoms with van der Waals surface area (Å²) in [6.45, 7) is 4.48. The number of benzene rings is 2. The molecule has 118 valence electrons. The minimum Gasteiger partial charge on any atom is -0.491 e. The van der Waals surface area contributed by atoms with Crippen LogP contribution in [-0.2, 0) is 0 Å². The molecule has 6 heteroatoms. The molecule has 1 aromatic heterocycles. The maximum absolute atomic E-state index is 6.30. The van der Waals surface area contributed by atoms with Crippen LogP contribution in [0.3, 0.4) is 0 Å². The lowest BCUT2D eigenvalue weighted by atomic mass is 10.2. The Bertz CT molecular complexity index is 846. The van der Waals surface area contributed by atoms with Crippen LogP contribution in [0.5, 0.6) is 5.75 Å². The third-order valence-corrected chi connectivity index (χ3v) is 3.96. The first-order valence-electron chi connectivity index (χ1n) is 7.22. The second kappa shape index (κ2) is 6.60. The second-order valence-corrected chi connectivity index (χ2v) is 5.70. The monoisotopic (exact) mass is 347 g/mol. The topological polar surface area (TPSA) is 39.9 Å². The molecule has 0 atom stereocenters. The van der Waals surface area contributed by atoms with E-state index >= 15 is 0 Å². The lowest BCUT2D eigenvalue weighted by Crippen LogP contribution is -2.04. The van der Waals surface area contributed by atoms with Crippen LogP contribution in [-0.4, -0.2) is 21.4 Å². The molecule has 23 heavy (non-hydrogen) atoms. The van der Waals surface area contributed by atoms with Gasteiger partial charge in [0.15, 0.2) is 5.82 Å². The number of ether oxygens (including phenoxy) is 1. The summed E-state index contributed by atoms with van der Waals surface area (Å²) in [5.74, 6) is 1.22. The molecule has 2 aromatic carbocycles. The van der Waals surface area contributed by atoms with E-state index in [1.54, 1.807) is 10.7 Å². The van der Waals surface area contributed by atoms with Crippen LogP contribution in [0.15, 0.2) is 42.5 Å². The molecule has 0 spiro atoms. The van der Waals surface area contributed by atoms with E-state index in [-0.39, 0.29) is 5.28 Å². The lowest BCUT2D eigenvalue weighted by Gasteiger charge is -2.12. The van der Waals surface area contributed by atoms with E-state index in [9.17, 15) is 0 Å². The summed E-state index contributed by atoms with van der Waals surface area (Å²) in [6, 6.07) is 13.2. The molecule has 0 aliphatic heterocycles. The standard InChI is InChI=1S/C17H15Cl2N3O/c1-3-23-15-11(2)7-6-10-14(15)22-17(19)20-16(21-22)12-8-4-5-9-13(12)18/h4-10H,3H2,1-2H3. The van der Waals surface area contributed by atoms with Crippen LogP contribution in [0.25, 0.3) is 17.1 Å². The summed E-state index contributed by atoms with van der Waals surface area (Å²) >= 11 is 12.5. The van der Waals surface area contributed by atoms with Crippen molar-refractivity contribution in [3.63, 3.8) is 0 Å². The highest BCUT2D eigenvalue weighted by molar-refractivity contribution is 6.33. The molecule has 0 fully saturated rings. The number of hydrogen-bond donors (Lipinski definition) is 0. The van der Waals surface area contributed by atoms with Gasteiger partial charge in [0.25, 0.3) is 0 Å². The summed E-state index contributed by atoms with van der Waals surface area (Å²) in [4.78, 5) is 4.33. The smallest absolute Gasteiger partial charge is 0.226 e. The van der Waals surface area contributed by atoms with E-state index in [1.165, 1.54) is 0 Å². The van der Waals surface area contributed by atoms with E-state index < -0.39 is 0 Å². The number of para-hydroxylation sites is 1. The maximum Gasteiger partial charge on any atom is 0.226 e. The summed E-state index contributed by atoms with van der Waals surface area (Å²) in [5.41, 5.74) is 2.50. The quantitative estimate of drug-likeness (QED) is 0.670. The van der Waals surface area contributed by atoms with Crippen LogP contribution in [0, 0.1) is 6.92 Å². The van der Waals surface area contributed by atoms with Crippen molar-refractivity contribution in [1.29, 1.82) is 0 Å². The molecule has 0 aliphatic rings. The van der Waals surface area contributed by atoms with Crippen molar-refractivity contribution in [2.75, 3.05) is 6.61 Å². The molecule has 1 heterocycles. The van der Waals surface area contributed by atoms with Crippen molar-refractivity contribution >= 4 is 23.2 Å². The van der Waals surface area contributed by atoms with Crippen LogP contribution in [0.1, 0.15) is 12.5 Å². The molecule has 4 nitrogen and oxygen atoms in total. The number of aryl methyl sites for hydroxylation is 1. The zero-order valence-electron chi connectivity index (χ0n) is 12.8. The Morgan fingerprint density at radius 1 is 1.09 bits per heavy atom. The average Bonchev–Trinajstić information content (AvgIpc) is 2.91. The molecular formula is C17H15Cl2N3O. The first-order valence-corrected chi connectivity index (χ1v) is 7.97. The molecule has 0 saturated heterocycles. The van der Waals surface area contributed by atoms with Gasteiger partial charge in [0.1, 0.15) is 11.4 Å². The summed E-state index contributed by atoms with van der Waals surface area (Å²) < 4.78 is 7.31. The Hall–Kier alpha value is -2.04. The van der Waals surface area contributed by atoms with Crippen molar-refractivity contribution in [3.05, 3.63) is 58.3 Å². The average molecular weight is 348 g/mol. The minimum atomic E-state index is 0.256. The summed E-state index contributed by atoms with van der Waals surface area (Å²) in [6.07, 6.45) is 0. The Labute approximate surface area is 144 Å². The Morgan fingerprint density at radius 3 is 2.61 bits per heavy atom. The number of rotatable bonds is 4. The Kier molecular flexibility index (Phi) is 4.55.